The minimum Gasteiger partial charge on any atom is -0.389 e. The van der Waals surface area contributed by atoms with Crippen molar-refractivity contribution >= 4 is 11.6 Å². The third-order valence-electron chi connectivity index (χ3n) is 4.14. The number of aliphatic hydroxyl groups excluding tert-OH is 1. The van der Waals surface area contributed by atoms with Crippen LogP contribution in [0.25, 0.3) is 0 Å². The second kappa shape index (κ2) is 8.11. The number of piperazine rings is 1. The summed E-state index contributed by atoms with van der Waals surface area (Å²) in [4.78, 5) is 4.78. The maximum atomic E-state index is 9.79. The zero-order valence-corrected chi connectivity index (χ0v) is 13.6. The van der Waals surface area contributed by atoms with Crippen molar-refractivity contribution in [1.29, 1.82) is 0 Å². The topological polar surface area (TPSA) is 35.9 Å². The molecular weight excluding hydrogens is 288 g/mol. The molecule has 1 aromatic carbocycles. The van der Waals surface area contributed by atoms with Crippen LogP contribution in [-0.2, 0) is 4.74 Å². The van der Waals surface area contributed by atoms with Gasteiger partial charge in [-0.05, 0) is 24.6 Å². The normalized spacial score (nSPS) is 20.4. The Morgan fingerprint density at radius 2 is 1.81 bits per heavy atom. The monoisotopic (exact) mass is 312 g/mol. The molecule has 1 aromatic rings. The van der Waals surface area contributed by atoms with Gasteiger partial charge in [0.25, 0.3) is 0 Å². The van der Waals surface area contributed by atoms with Gasteiger partial charge in [0.2, 0.25) is 0 Å². The van der Waals surface area contributed by atoms with Crippen LogP contribution in [0.2, 0.25) is 5.02 Å². The summed E-state index contributed by atoms with van der Waals surface area (Å²) in [7, 11) is 1.62. The van der Waals surface area contributed by atoms with E-state index < -0.39 is 6.10 Å². The Hall–Kier alpha value is -0.650. The first-order chi connectivity index (χ1) is 10.1. The summed E-state index contributed by atoms with van der Waals surface area (Å²) >= 11 is 5.94. The van der Waals surface area contributed by atoms with Crippen molar-refractivity contribution in [1.82, 2.24) is 9.80 Å². The molecule has 0 saturated carbocycles. The molecule has 1 aliphatic heterocycles. The molecule has 5 heteroatoms. The Morgan fingerprint density at radius 3 is 2.38 bits per heavy atom. The molecule has 0 aliphatic carbocycles. The van der Waals surface area contributed by atoms with Crippen molar-refractivity contribution in [3.05, 3.63) is 34.9 Å². The van der Waals surface area contributed by atoms with Crippen molar-refractivity contribution in [2.45, 2.75) is 19.1 Å². The first kappa shape index (κ1) is 16.7. The second-order valence-electron chi connectivity index (χ2n) is 5.67. The zero-order valence-electron chi connectivity index (χ0n) is 12.8. The van der Waals surface area contributed by atoms with E-state index in [9.17, 15) is 5.11 Å². The van der Waals surface area contributed by atoms with Gasteiger partial charge in [0.05, 0.1) is 12.7 Å². The van der Waals surface area contributed by atoms with Gasteiger partial charge < -0.3 is 9.84 Å². The van der Waals surface area contributed by atoms with E-state index in [4.69, 9.17) is 16.3 Å². The van der Waals surface area contributed by atoms with Crippen molar-refractivity contribution in [3.8, 4) is 0 Å². The van der Waals surface area contributed by atoms with Crippen molar-refractivity contribution in [3.63, 3.8) is 0 Å². The van der Waals surface area contributed by atoms with E-state index in [1.807, 2.05) is 12.1 Å². The van der Waals surface area contributed by atoms with Gasteiger partial charge in [0, 0.05) is 50.9 Å². The predicted octanol–water partition coefficient (Wildman–Crippen LogP) is 2.03. The number of nitrogens with zero attached hydrogens (tertiary/aromatic N) is 2. The van der Waals surface area contributed by atoms with Gasteiger partial charge in [-0.2, -0.15) is 0 Å². The molecule has 0 radical (unpaired) electrons. The molecule has 2 atom stereocenters. The Kier molecular flexibility index (Phi) is 6.45. The summed E-state index contributed by atoms with van der Waals surface area (Å²) in [5.41, 5.74) is 1.30. The van der Waals surface area contributed by atoms with Crippen LogP contribution in [0.5, 0.6) is 0 Å². The Bertz CT molecular complexity index is 419. The summed E-state index contributed by atoms with van der Waals surface area (Å²) < 4.78 is 4.97. The molecule has 1 heterocycles. The number of rotatable bonds is 6. The fourth-order valence-electron chi connectivity index (χ4n) is 2.83. The third kappa shape index (κ3) is 4.94. The number of ether oxygens (including phenoxy) is 1. The molecule has 1 fully saturated rings. The van der Waals surface area contributed by atoms with E-state index in [2.05, 4.69) is 28.9 Å². The molecule has 1 aliphatic rings. The maximum Gasteiger partial charge on any atom is 0.0900 e. The number of halogens is 1. The van der Waals surface area contributed by atoms with Crippen LogP contribution >= 0.6 is 11.6 Å². The summed E-state index contributed by atoms with van der Waals surface area (Å²) in [6.45, 7) is 7.33. The smallest absolute Gasteiger partial charge is 0.0900 e. The van der Waals surface area contributed by atoms with E-state index in [-0.39, 0.29) is 0 Å². The fraction of sp³-hybridized carbons (Fsp3) is 0.625. The molecule has 118 valence electrons. The summed E-state index contributed by atoms with van der Waals surface area (Å²) in [6.07, 6.45) is -0.393. The molecule has 21 heavy (non-hydrogen) atoms. The maximum absolute atomic E-state index is 9.79. The summed E-state index contributed by atoms with van der Waals surface area (Å²) in [5, 5.41) is 10.6. The van der Waals surface area contributed by atoms with Gasteiger partial charge in [0.15, 0.2) is 0 Å². The molecule has 0 bridgehead atoms. The summed E-state index contributed by atoms with van der Waals surface area (Å²) in [5.74, 6) is 0. The van der Waals surface area contributed by atoms with Gasteiger partial charge in [-0.25, -0.2) is 0 Å². The second-order valence-corrected chi connectivity index (χ2v) is 6.11. The minimum atomic E-state index is -0.393. The largest absolute Gasteiger partial charge is 0.389 e. The molecule has 0 aromatic heterocycles. The van der Waals surface area contributed by atoms with Gasteiger partial charge in [-0.3, -0.25) is 9.80 Å². The van der Waals surface area contributed by atoms with Crippen LogP contribution in [0.4, 0.5) is 0 Å². The predicted molar refractivity (Wildman–Crippen MR) is 85.8 cm³/mol. The highest BCUT2D eigenvalue weighted by Gasteiger charge is 2.23. The van der Waals surface area contributed by atoms with E-state index in [1.54, 1.807) is 7.11 Å². The van der Waals surface area contributed by atoms with Crippen LogP contribution in [0.3, 0.4) is 0 Å². The number of hydrogen-bond donors (Lipinski definition) is 1. The van der Waals surface area contributed by atoms with Crippen LogP contribution in [0.15, 0.2) is 24.3 Å². The van der Waals surface area contributed by atoms with Crippen LogP contribution in [0, 0.1) is 0 Å². The lowest BCUT2D eigenvalue weighted by atomic mass is 10.1. The number of benzene rings is 1. The molecule has 2 rings (SSSR count). The van der Waals surface area contributed by atoms with Crippen molar-refractivity contribution < 1.29 is 9.84 Å². The quantitative estimate of drug-likeness (QED) is 0.872. The molecule has 4 nitrogen and oxygen atoms in total. The lowest BCUT2D eigenvalue weighted by Crippen LogP contribution is -2.49. The van der Waals surface area contributed by atoms with Crippen LogP contribution < -0.4 is 0 Å². The molecule has 0 spiro atoms. The number of β-amino-alcohol motifs (C(OH)–C–C–N with tert-alkyl or cyclic N) is 1. The Balaban J connectivity index is 1.81. The van der Waals surface area contributed by atoms with Crippen LogP contribution in [0.1, 0.15) is 18.5 Å². The molecular formula is C16H25ClN2O2. The zero-order chi connectivity index (χ0) is 15.2. The number of hydrogen-bond acceptors (Lipinski definition) is 4. The average Bonchev–Trinajstić information content (AvgIpc) is 2.48. The van der Waals surface area contributed by atoms with Crippen molar-refractivity contribution in [2.24, 2.45) is 0 Å². The molecule has 0 amide bonds. The van der Waals surface area contributed by atoms with Gasteiger partial charge in [-0.1, -0.05) is 23.7 Å². The van der Waals surface area contributed by atoms with E-state index in [0.29, 0.717) is 19.2 Å². The highest BCUT2D eigenvalue weighted by Crippen LogP contribution is 2.23. The third-order valence-corrected chi connectivity index (χ3v) is 4.39. The van der Waals surface area contributed by atoms with E-state index in [0.717, 1.165) is 31.2 Å². The SMILES string of the molecule is COC[C@H](O)CN1CCN([C@H](C)c2ccc(Cl)cc2)CC1. The first-order valence-electron chi connectivity index (χ1n) is 7.49. The lowest BCUT2D eigenvalue weighted by molar-refractivity contribution is 0.0190. The highest BCUT2D eigenvalue weighted by atomic mass is 35.5. The Labute approximate surface area is 132 Å². The molecule has 1 saturated heterocycles. The molecule has 0 unspecified atom stereocenters. The minimum absolute atomic E-state index is 0.393. The standard InChI is InChI=1S/C16H25ClN2O2/c1-13(14-3-5-15(17)6-4-14)19-9-7-18(8-10-19)11-16(20)12-21-2/h3-6,13,16,20H,7-12H2,1-2H3/t13-,16-/m1/s1. The Morgan fingerprint density at radius 1 is 1.19 bits per heavy atom. The van der Waals surface area contributed by atoms with E-state index >= 15 is 0 Å². The van der Waals surface area contributed by atoms with Gasteiger partial charge >= 0.3 is 0 Å². The number of aliphatic hydroxyl groups is 1. The summed E-state index contributed by atoms with van der Waals surface area (Å²) in [6, 6.07) is 8.49. The van der Waals surface area contributed by atoms with Crippen molar-refractivity contribution in [2.75, 3.05) is 46.4 Å². The number of methoxy groups -OCH3 is 1. The lowest BCUT2D eigenvalue weighted by Gasteiger charge is -2.38. The first-order valence-corrected chi connectivity index (χ1v) is 7.87. The fourth-order valence-corrected chi connectivity index (χ4v) is 2.95. The van der Waals surface area contributed by atoms with Gasteiger partial charge in [-0.15, -0.1) is 0 Å². The average molecular weight is 313 g/mol. The highest BCUT2D eigenvalue weighted by molar-refractivity contribution is 6.30. The molecule has 1 N–H and O–H groups in total. The van der Waals surface area contributed by atoms with Gasteiger partial charge in [0.1, 0.15) is 0 Å². The van der Waals surface area contributed by atoms with E-state index in [1.165, 1.54) is 5.56 Å². The van der Waals surface area contributed by atoms with Crippen LogP contribution in [-0.4, -0.2) is 67.5 Å².